The first-order chi connectivity index (χ1) is 28.0. The van der Waals surface area contributed by atoms with Crippen molar-refractivity contribution in [3.63, 3.8) is 0 Å². The third kappa shape index (κ3) is 4.75. The molecule has 0 aromatic heterocycles. The Balaban J connectivity index is 1.01. The van der Waals surface area contributed by atoms with Crippen molar-refractivity contribution in [2.75, 3.05) is 0 Å². The molecular formula is C58H50. The van der Waals surface area contributed by atoms with Gasteiger partial charge in [0.05, 0.1) is 0 Å². The highest BCUT2D eigenvalue weighted by Crippen LogP contribution is 2.58. The van der Waals surface area contributed by atoms with Gasteiger partial charge >= 0.3 is 0 Å². The Morgan fingerprint density at radius 3 is 1.12 bits per heavy atom. The second-order valence-electron chi connectivity index (χ2n) is 20.0. The molecule has 2 aliphatic rings. The predicted molar refractivity (Wildman–Crippen MR) is 251 cm³/mol. The average Bonchev–Trinajstić information content (AvgIpc) is 3.48. The monoisotopic (exact) mass is 746 g/mol. The van der Waals surface area contributed by atoms with E-state index in [0.717, 1.165) is 0 Å². The third-order valence-electron chi connectivity index (χ3n) is 14.6. The lowest BCUT2D eigenvalue weighted by molar-refractivity contribution is 0.353. The van der Waals surface area contributed by atoms with Crippen LogP contribution < -0.4 is 0 Å². The minimum absolute atomic E-state index is 0.0369. The number of fused-ring (bicyclic) bond motifs is 5. The van der Waals surface area contributed by atoms with Gasteiger partial charge in [-0.2, -0.15) is 0 Å². The van der Waals surface area contributed by atoms with Crippen molar-refractivity contribution < 1.29 is 0 Å². The second kappa shape index (κ2) is 11.7. The number of hydrogen-bond donors (Lipinski definition) is 0. The lowest BCUT2D eigenvalue weighted by Crippen LogP contribution is -2.28. The van der Waals surface area contributed by atoms with Crippen molar-refractivity contribution in [1.82, 2.24) is 0 Å². The smallest absolute Gasteiger partial charge is 0.0215 e. The quantitative estimate of drug-likeness (QED) is 0.155. The highest BCUT2D eigenvalue weighted by Gasteiger charge is 2.44. The summed E-state index contributed by atoms with van der Waals surface area (Å²) in [5.41, 5.74) is 14.4. The molecule has 0 aliphatic heterocycles. The number of hydrogen-bond acceptors (Lipinski definition) is 0. The van der Waals surface area contributed by atoms with Gasteiger partial charge in [0, 0.05) is 5.41 Å². The van der Waals surface area contributed by atoms with Crippen LogP contribution >= 0.6 is 0 Å². The Morgan fingerprint density at radius 2 is 0.707 bits per heavy atom. The second-order valence-corrected chi connectivity index (χ2v) is 20.0. The van der Waals surface area contributed by atoms with E-state index in [1.807, 2.05) is 0 Å². The molecule has 0 nitrogen and oxygen atoms in total. The summed E-state index contributed by atoms with van der Waals surface area (Å²) < 4.78 is 0. The van der Waals surface area contributed by atoms with Gasteiger partial charge in [0.25, 0.3) is 0 Å². The summed E-state index contributed by atoms with van der Waals surface area (Å²) in [4.78, 5) is 0. The number of benzene rings is 10. The molecule has 0 N–H and O–H groups in total. The normalized spacial score (nSPS) is 15.6. The third-order valence-corrected chi connectivity index (χ3v) is 14.6. The van der Waals surface area contributed by atoms with E-state index in [9.17, 15) is 0 Å². The zero-order chi connectivity index (χ0) is 39.3. The van der Waals surface area contributed by atoms with E-state index in [-0.39, 0.29) is 16.2 Å². The van der Waals surface area contributed by atoms with Crippen molar-refractivity contribution in [1.29, 1.82) is 0 Å². The van der Waals surface area contributed by atoms with Gasteiger partial charge in [0.2, 0.25) is 0 Å². The maximum absolute atomic E-state index is 2.60. The molecule has 0 bridgehead atoms. The van der Waals surface area contributed by atoms with Gasteiger partial charge in [-0.15, -0.1) is 0 Å². The van der Waals surface area contributed by atoms with Crippen molar-refractivity contribution in [2.24, 2.45) is 0 Å². The van der Waals surface area contributed by atoms with Gasteiger partial charge in [-0.3, -0.25) is 0 Å². The fourth-order valence-corrected chi connectivity index (χ4v) is 11.5. The zero-order valence-corrected chi connectivity index (χ0v) is 34.7. The lowest BCUT2D eigenvalue weighted by Gasteiger charge is -2.36. The van der Waals surface area contributed by atoms with Gasteiger partial charge in [-0.05, 0) is 156 Å². The molecule has 58 heavy (non-hydrogen) atoms. The van der Waals surface area contributed by atoms with Crippen molar-refractivity contribution in [3.05, 3.63) is 156 Å². The van der Waals surface area contributed by atoms with Crippen LogP contribution in [0.1, 0.15) is 95.9 Å². The van der Waals surface area contributed by atoms with Crippen LogP contribution in [0.2, 0.25) is 0 Å². The van der Waals surface area contributed by atoms with Crippen LogP contribution in [0.4, 0.5) is 0 Å². The van der Waals surface area contributed by atoms with E-state index in [4.69, 9.17) is 0 Å². The molecule has 0 unspecified atom stereocenters. The Hall–Kier alpha value is -5.72. The molecule has 282 valence electrons. The summed E-state index contributed by atoms with van der Waals surface area (Å²) in [7, 11) is 0. The SMILES string of the molecule is CC(C)(C)c1cc2ccc3ccc(-c4ccc5c(c4)C4(CCCCC4)c4cc(-c6ccc7ccc8cc(C(C)(C)C)cc9ccc6c7c89)ccc4-5)c4ccc(c1)c2c34. The molecule has 10 aromatic rings. The van der Waals surface area contributed by atoms with Crippen molar-refractivity contribution in [2.45, 2.75) is 89.9 Å². The van der Waals surface area contributed by atoms with Crippen LogP contribution in [0.25, 0.3) is 98.0 Å². The van der Waals surface area contributed by atoms with E-state index in [1.54, 1.807) is 11.1 Å². The molecule has 2 aliphatic carbocycles. The summed E-state index contributed by atoms with van der Waals surface area (Å²) in [5, 5.41) is 16.4. The van der Waals surface area contributed by atoms with Crippen LogP contribution in [-0.4, -0.2) is 0 Å². The van der Waals surface area contributed by atoms with Crippen LogP contribution in [0.5, 0.6) is 0 Å². The van der Waals surface area contributed by atoms with Crippen molar-refractivity contribution >= 4 is 64.6 Å². The first kappa shape index (κ1) is 34.3. The molecule has 10 aromatic carbocycles. The molecule has 0 amide bonds. The fourth-order valence-electron chi connectivity index (χ4n) is 11.5. The first-order valence-electron chi connectivity index (χ1n) is 21.7. The predicted octanol–water partition coefficient (Wildman–Crippen LogP) is 16.6. The Kier molecular flexibility index (Phi) is 6.92. The summed E-state index contributed by atoms with van der Waals surface area (Å²) in [6.45, 7) is 13.9. The van der Waals surface area contributed by atoms with Gasteiger partial charge in [-0.25, -0.2) is 0 Å². The molecule has 0 heteroatoms. The molecule has 0 radical (unpaired) electrons. The summed E-state index contributed by atoms with van der Waals surface area (Å²) >= 11 is 0. The van der Waals surface area contributed by atoms with Gasteiger partial charge in [-0.1, -0.05) is 182 Å². The van der Waals surface area contributed by atoms with E-state index >= 15 is 0 Å². The zero-order valence-electron chi connectivity index (χ0n) is 34.7. The van der Waals surface area contributed by atoms with Gasteiger partial charge < -0.3 is 0 Å². The Bertz CT molecular complexity index is 3060. The molecular weight excluding hydrogens is 697 g/mol. The minimum Gasteiger partial charge on any atom is -0.0561 e. The summed E-state index contributed by atoms with van der Waals surface area (Å²) in [6.07, 6.45) is 6.30. The van der Waals surface area contributed by atoms with Crippen LogP contribution in [0.15, 0.2) is 133 Å². The Morgan fingerprint density at radius 1 is 0.345 bits per heavy atom. The molecule has 12 rings (SSSR count). The number of rotatable bonds is 2. The van der Waals surface area contributed by atoms with Crippen LogP contribution in [0.3, 0.4) is 0 Å². The lowest BCUT2D eigenvalue weighted by atomic mass is 9.67. The minimum atomic E-state index is 0.0369. The standard InChI is InChI=1S/C58H50/c1-56(2,3)42-28-38-12-10-34-14-20-44(48-24-18-40(30-42)52(38)54(34)48)36-16-22-46-47-23-17-37(33-51(47)58(50(46)32-36)26-8-7-9-27-58)45-21-15-35-11-13-39-29-43(57(4,5)6)31-41-19-25-49(45)55(35)53(39)41/h10-25,28-33H,7-9,26-27H2,1-6H3. The summed E-state index contributed by atoms with van der Waals surface area (Å²) in [5.74, 6) is 0. The molecule has 0 atom stereocenters. The average molecular weight is 747 g/mol. The highest BCUT2D eigenvalue weighted by atomic mass is 14.5. The van der Waals surface area contributed by atoms with Crippen LogP contribution in [-0.2, 0) is 16.2 Å². The molecule has 1 fully saturated rings. The topological polar surface area (TPSA) is 0 Å². The van der Waals surface area contributed by atoms with E-state index in [2.05, 4.69) is 175 Å². The first-order valence-corrected chi connectivity index (χ1v) is 21.7. The van der Waals surface area contributed by atoms with Crippen molar-refractivity contribution in [3.8, 4) is 33.4 Å². The van der Waals surface area contributed by atoms with E-state index < -0.39 is 0 Å². The molecule has 0 saturated heterocycles. The van der Waals surface area contributed by atoms with E-state index in [0.29, 0.717) is 0 Å². The Labute approximate surface area is 342 Å². The van der Waals surface area contributed by atoms with E-state index in [1.165, 1.54) is 141 Å². The molecule has 0 heterocycles. The molecule has 1 saturated carbocycles. The van der Waals surface area contributed by atoms with Gasteiger partial charge in [0.15, 0.2) is 0 Å². The maximum Gasteiger partial charge on any atom is 0.0215 e. The summed E-state index contributed by atoms with van der Waals surface area (Å²) in [6, 6.07) is 53.0. The fraction of sp³-hybridized carbons (Fsp3) is 0.241. The van der Waals surface area contributed by atoms with Crippen LogP contribution in [0, 0.1) is 0 Å². The maximum atomic E-state index is 2.60. The largest absolute Gasteiger partial charge is 0.0561 e. The molecule has 1 spiro atoms. The highest BCUT2D eigenvalue weighted by molar-refractivity contribution is 6.27. The van der Waals surface area contributed by atoms with Gasteiger partial charge in [0.1, 0.15) is 0 Å².